The molecule has 0 aromatic rings. The summed E-state index contributed by atoms with van der Waals surface area (Å²) in [6.45, 7) is 2.12. The van der Waals surface area contributed by atoms with Crippen molar-refractivity contribution in [2.75, 3.05) is 13.1 Å². The third-order valence-corrected chi connectivity index (χ3v) is 3.39. The lowest BCUT2D eigenvalue weighted by Gasteiger charge is -2.37. The Morgan fingerprint density at radius 2 is 1.93 bits per heavy atom. The van der Waals surface area contributed by atoms with Crippen molar-refractivity contribution in [2.45, 2.75) is 37.8 Å². The van der Waals surface area contributed by atoms with Gasteiger partial charge in [-0.05, 0) is 38.3 Å². The summed E-state index contributed by atoms with van der Waals surface area (Å²) in [4.78, 5) is 11.3. The number of rotatable bonds is 1. The number of amides is 1. The van der Waals surface area contributed by atoms with Gasteiger partial charge in [-0.3, -0.25) is 4.79 Å². The van der Waals surface area contributed by atoms with Gasteiger partial charge in [0.2, 0.25) is 5.91 Å². The molecule has 0 saturated carbocycles. The van der Waals surface area contributed by atoms with Gasteiger partial charge >= 0.3 is 0 Å². The standard InChI is InChI=1S/C10H19N3O/c11-8-1-2-9(14)13-10(8)7-3-5-12-6-4-7/h7-8,10,12H,1-6,11H2,(H,13,14)/t8-,10+/m1/s1. The molecule has 0 radical (unpaired) electrons. The van der Waals surface area contributed by atoms with Crippen LogP contribution in [0, 0.1) is 5.92 Å². The molecule has 2 rings (SSSR count). The highest BCUT2D eigenvalue weighted by Gasteiger charge is 2.32. The van der Waals surface area contributed by atoms with E-state index >= 15 is 0 Å². The summed E-state index contributed by atoms with van der Waals surface area (Å²) in [5, 5.41) is 6.37. The molecule has 0 spiro atoms. The molecule has 4 N–H and O–H groups in total. The van der Waals surface area contributed by atoms with E-state index in [2.05, 4.69) is 10.6 Å². The Bertz CT molecular complexity index is 213. The number of hydrogen-bond donors (Lipinski definition) is 3. The Morgan fingerprint density at radius 1 is 1.21 bits per heavy atom. The average Bonchev–Trinajstić information content (AvgIpc) is 2.23. The number of piperidine rings is 2. The molecule has 4 heteroatoms. The molecule has 0 bridgehead atoms. The Morgan fingerprint density at radius 3 is 2.64 bits per heavy atom. The third kappa shape index (κ3) is 2.07. The van der Waals surface area contributed by atoms with Crippen LogP contribution in [0.5, 0.6) is 0 Å². The van der Waals surface area contributed by atoms with Crippen molar-refractivity contribution in [1.29, 1.82) is 0 Å². The number of carbonyl (C=O) groups is 1. The van der Waals surface area contributed by atoms with E-state index in [4.69, 9.17) is 5.73 Å². The van der Waals surface area contributed by atoms with Crippen molar-refractivity contribution in [3.63, 3.8) is 0 Å². The molecule has 2 fully saturated rings. The van der Waals surface area contributed by atoms with E-state index in [0.717, 1.165) is 32.4 Å². The van der Waals surface area contributed by atoms with Crippen LogP contribution in [-0.2, 0) is 4.79 Å². The van der Waals surface area contributed by atoms with Gasteiger partial charge in [0, 0.05) is 18.5 Å². The maximum absolute atomic E-state index is 11.3. The van der Waals surface area contributed by atoms with E-state index in [1.54, 1.807) is 0 Å². The van der Waals surface area contributed by atoms with Crippen molar-refractivity contribution in [3.8, 4) is 0 Å². The van der Waals surface area contributed by atoms with Crippen LogP contribution in [0.4, 0.5) is 0 Å². The largest absolute Gasteiger partial charge is 0.352 e. The summed E-state index contributed by atoms with van der Waals surface area (Å²) in [6, 6.07) is 0.383. The van der Waals surface area contributed by atoms with Crippen LogP contribution < -0.4 is 16.4 Å². The molecule has 2 saturated heterocycles. The van der Waals surface area contributed by atoms with E-state index in [1.165, 1.54) is 0 Å². The van der Waals surface area contributed by atoms with Crippen LogP contribution >= 0.6 is 0 Å². The lowest BCUT2D eigenvalue weighted by atomic mass is 9.83. The van der Waals surface area contributed by atoms with Crippen LogP contribution in [-0.4, -0.2) is 31.1 Å². The molecule has 80 valence electrons. The molecular formula is C10H19N3O. The average molecular weight is 197 g/mol. The fourth-order valence-electron chi connectivity index (χ4n) is 2.51. The van der Waals surface area contributed by atoms with E-state index in [0.29, 0.717) is 12.3 Å². The SMILES string of the molecule is N[C@@H]1CCC(=O)N[C@H]1C1CCNCC1. The fraction of sp³-hybridized carbons (Fsp3) is 0.900. The summed E-state index contributed by atoms with van der Waals surface area (Å²) in [7, 11) is 0. The predicted molar refractivity (Wildman–Crippen MR) is 54.7 cm³/mol. The summed E-state index contributed by atoms with van der Waals surface area (Å²) in [5.41, 5.74) is 6.04. The summed E-state index contributed by atoms with van der Waals surface area (Å²) >= 11 is 0. The van der Waals surface area contributed by atoms with E-state index in [9.17, 15) is 4.79 Å². The van der Waals surface area contributed by atoms with Gasteiger partial charge in [0.15, 0.2) is 0 Å². The first-order chi connectivity index (χ1) is 6.77. The fourth-order valence-corrected chi connectivity index (χ4v) is 2.51. The van der Waals surface area contributed by atoms with Crippen molar-refractivity contribution in [3.05, 3.63) is 0 Å². The summed E-state index contributed by atoms with van der Waals surface area (Å²) < 4.78 is 0. The Labute approximate surface area is 84.6 Å². The molecule has 0 aromatic heterocycles. The minimum atomic E-state index is 0.163. The van der Waals surface area contributed by atoms with Crippen LogP contribution in [0.2, 0.25) is 0 Å². The monoisotopic (exact) mass is 197 g/mol. The van der Waals surface area contributed by atoms with Crippen molar-refractivity contribution in [2.24, 2.45) is 11.7 Å². The van der Waals surface area contributed by atoms with E-state index in [1.807, 2.05) is 0 Å². The van der Waals surface area contributed by atoms with Crippen molar-refractivity contribution >= 4 is 5.91 Å². The van der Waals surface area contributed by atoms with Crippen molar-refractivity contribution < 1.29 is 4.79 Å². The molecule has 0 aliphatic carbocycles. The first kappa shape index (κ1) is 9.93. The number of carbonyl (C=O) groups excluding carboxylic acids is 1. The summed E-state index contributed by atoms with van der Waals surface area (Å²) in [6.07, 6.45) is 3.72. The van der Waals surface area contributed by atoms with Gasteiger partial charge in [0.1, 0.15) is 0 Å². The van der Waals surface area contributed by atoms with Gasteiger partial charge in [0.05, 0.1) is 0 Å². The number of nitrogens with two attached hydrogens (primary N) is 1. The molecule has 14 heavy (non-hydrogen) atoms. The highest BCUT2D eigenvalue weighted by molar-refractivity contribution is 5.77. The first-order valence-electron chi connectivity index (χ1n) is 5.53. The lowest BCUT2D eigenvalue weighted by molar-refractivity contribution is -0.124. The summed E-state index contributed by atoms with van der Waals surface area (Å²) in [5.74, 6) is 0.755. The quantitative estimate of drug-likeness (QED) is 0.535. The van der Waals surface area contributed by atoms with E-state index < -0.39 is 0 Å². The van der Waals surface area contributed by atoms with Gasteiger partial charge in [0.25, 0.3) is 0 Å². The second-order valence-corrected chi connectivity index (χ2v) is 4.38. The molecule has 0 unspecified atom stereocenters. The van der Waals surface area contributed by atoms with Gasteiger partial charge in [-0.15, -0.1) is 0 Å². The molecule has 2 atom stereocenters. The normalized spacial score (nSPS) is 35.4. The number of hydrogen-bond acceptors (Lipinski definition) is 3. The second-order valence-electron chi connectivity index (χ2n) is 4.38. The molecule has 2 heterocycles. The zero-order valence-electron chi connectivity index (χ0n) is 8.46. The van der Waals surface area contributed by atoms with Gasteiger partial charge in [-0.2, -0.15) is 0 Å². The Balaban J connectivity index is 1.95. The van der Waals surface area contributed by atoms with Crippen LogP contribution in [0.15, 0.2) is 0 Å². The van der Waals surface area contributed by atoms with Gasteiger partial charge in [-0.1, -0.05) is 0 Å². The number of nitrogens with one attached hydrogen (secondary N) is 2. The zero-order chi connectivity index (χ0) is 9.97. The Hall–Kier alpha value is -0.610. The lowest BCUT2D eigenvalue weighted by Crippen LogP contribution is -2.57. The first-order valence-corrected chi connectivity index (χ1v) is 5.53. The van der Waals surface area contributed by atoms with Gasteiger partial charge in [-0.25, -0.2) is 0 Å². The highest BCUT2D eigenvalue weighted by Crippen LogP contribution is 2.22. The van der Waals surface area contributed by atoms with Gasteiger partial charge < -0.3 is 16.4 Å². The highest BCUT2D eigenvalue weighted by atomic mass is 16.1. The molecule has 1 amide bonds. The van der Waals surface area contributed by atoms with Crippen LogP contribution in [0.3, 0.4) is 0 Å². The third-order valence-electron chi connectivity index (χ3n) is 3.39. The Kier molecular flexibility index (Phi) is 3.03. The zero-order valence-corrected chi connectivity index (χ0v) is 8.46. The molecule has 2 aliphatic rings. The van der Waals surface area contributed by atoms with E-state index in [-0.39, 0.29) is 18.0 Å². The topological polar surface area (TPSA) is 67.2 Å². The molecule has 2 aliphatic heterocycles. The molecular weight excluding hydrogens is 178 g/mol. The second kappa shape index (κ2) is 4.28. The minimum absolute atomic E-state index is 0.163. The smallest absolute Gasteiger partial charge is 0.220 e. The minimum Gasteiger partial charge on any atom is -0.352 e. The molecule has 4 nitrogen and oxygen atoms in total. The van der Waals surface area contributed by atoms with Crippen LogP contribution in [0.1, 0.15) is 25.7 Å². The maximum Gasteiger partial charge on any atom is 0.220 e. The van der Waals surface area contributed by atoms with Crippen LogP contribution in [0.25, 0.3) is 0 Å². The predicted octanol–water partition coefficient (Wildman–Crippen LogP) is -0.408. The molecule has 0 aromatic carbocycles. The maximum atomic E-state index is 11.3. The van der Waals surface area contributed by atoms with Crippen molar-refractivity contribution in [1.82, 2.24) is 10.6 Å².